The third-order valence-electron chi connectivity index (χ3n) is 5.02. The van der Waals surface area contributed by atoms with Gasteiger partial charge in [0.15, 0.2) is 0 Å². The van der Waals surface area contributed by atoms with Crippen LogP contribution in [0.15, 0.2) is 18.2 Å². The molecule has 176 valence electrons. The number of esters is 1. The van der Waals surface area contributed by atoms with Crippen molar-refractivity contribution >= 4 is 17.6 Å². The fourth-order valence-corrected chi connectivity index (χ4v) is 3.59. The molecule has 0 spiro atoms. The molecule has 0 bridgehead atoms. The van der Waals surface area contributed by atoms with Gasteiger partial charge in [-0.3, -0.25) is 4.79 Å². The zero-order valence-corrected chi connectivity index (χ0v) is 20.5. The number of anilines is 1. The molecule has 0 aliphatic carbocycles. The second-order valence-electron chi connectivity index (χ2n) is 9.03. The first kappa shape index (κ1) is 27.0. The molecule has 0 saturated heterocycles. The Balaban J connectivity index is 3.27. The highest BCUT2D eigenvalue weighted by Crippen LogP contribution is 2.32. The van der Waals surface area contributed by atoms with Gasteiger partial charge >= 0.3 is 5.97 Å². The van der Waals surface area contributed by atoms with E-state index in [0.29, 0.717) is 42.7 Å². The fourth-order valence-electron chi connectivity index (χ4n) is 3.59. The van der Waals surface area contributed by atoms with Gasteiger partial charge in [0.05, 0.1) is 13.2 Å². The van der Waals surface area contributed by atoms with Crippen LogP contribution in [0.1, 0.15) is 84.5 Å². The molecule has 6 heteroatoms. The standard InChI is InChI=1S/C25H41NO5/c1-9-13-30-25(15-17(3)4,16-18(5)6)24(28)26-20-11-12-22(31-19(7)10-2)21(14-20)23(27)29-8/h11-12,14,17-19H,9-10,13,15-16H2,1-8H3,(H,26,28). The minimum Gasteiger partial charge on any atom is -0.490 e. The number of amides is 1. The van der Waals surface area contributed by atoms with Crippen molar-refractivity contribution in [2.75, 3.05) is 19.0 Å². The Bertz CT molecular complexity index is 704. The number of ether oxygens (including phenoxy) is 3. The summed E-state index contributed by atoms with van der Waals surface area (Å²) in [6.07, 6.45) is 2.84. The van der Waals surface area contributed by atoms with Gasteiger partial charge in [0.1, 0.15) is 16.9 Å². The van der Waals surface area contributed by atoms with Crippen molar-refractivity contribution in [1.82, 2.24) is 0 Å². The third-order valence-corrected chi connectivity index (χ3v) is 5.02. The molecule has 0 saturated carbocycles. The summed E-state index contributed by atoms with van der Waals surface area (Å²) in [4.78, 5) is 25.8. The molecule has 0 heterocycles. The topological polar surface area (TPSA) is 73.9 Å². The average Bonchev–Trinajstić information content (AvgIpc) is 2.71. The summed E-state index contributed by atoms with van der Waals surface area (Å²) in [7, 11) is 1.33. The van der Waals surface area contributed by atoms with E-state index in [9.17, 15) is 9.59 Å². The maximum absolute atomic E-state index is 13.5. The van der Waals surface area contributed by atoms with E-state index in [4.69, 9.17) is 14.2 Å². The summed E-state index contributed by atoms with van der Waals surface area (Å²) in [6.45, 7) is 14.9. The van der Waals surface area contributed by atoms with Crippen molar-refractivity contribution in [1.29, 1.82) is 0 Å². The number of hydrogen-bond acceptors (Lipinski definition) is 5. The Hall–Kier alpha value is -2.08. The van der Waals surface area contributed by atoms with Crippen molar-refractivity contribution in [3.05, 3.63) is 23.8 Å². The van der Waals surface area contributed by atoms with E-state index in [1.165, 1.54) is 7.11 Å². The number of carbonyl (C=O) groups is 2. The molecule has 0 aliphatic heterocycles. The number of rotatable bonds is 13. The molecule has 0 aliphatic rings. The molecule has 1 rings (SSSR count). The van der Waals surface area contributed by atoms with Crippen molar-refractivity contribution < 1.29 is 23.8 Å². The second kappa shape index (κ2) is 12.7. The molecule has 1 N–H and O–H groups in total. The van der Waals surface area contributed by atoms with Gasteiger partial charge in [0.25, 0.3) is 5.91 Å². The van der Waals surface area contributed by atoms with Gasteiger partial charge in [-0.05, 0) is 62.6 Å². The molecular formula is C25H41NO5. The summed E-state index contributed by atoms with van der Waals surface area (Å²) in [5.74, 6) is 0.329. The lowest BCUT2D eigenvalue weighted by molar-refractivity contribution is -0.147. The van der Waals surface area contributed by atoms with Crippen LogP contribution in [-0.4, -0.2) is 37.3 Å². The van der Waals surface area contributed by atoms with Crippen molar-refractivity contribution in [3.63, 3.8) is 0 Å². The highest BCUT2D eigenvalue weighted by Gasteiger charge is 2.40. The van der Waals surface area contributed by atoms with Crippen LogP contribution in [0.5, 0.6) is 5.75 Å². The SMILES string of the molecule is CCCOC(CC(C)C)(CC(C)C)C(=O)Nc1ccc(OC(C)CC)c(C(=O)OC)c1. The molecule has 1 aromatic rings. The minimum atomic E-state index is -0.921. The summed E-state index contributed by atoms with van der Waals surface area (Å²) in [6, 6.07) is 5.06. The van der Waals surface area contributed by atoms with Crippen molar-refractivity contribution in [3.8, 4) is 5.75 Å². The maximum atomic E-state index is 13.5. The largest absolute Gasteiger partial charge is 0.490 e. The van der Waals surface area contributed by atoms with Gasteiger partial charge in [0, 0.05) is 12.3 Å². The smallest absolute Gasteiger partial charge is 0.341 e. The molecule has 0 radical (unpaired) electrons. The number of nitrogens with one attached hydrogen (secondary N) is 1. The zero-order chi connectivity index (χ0) is 23.6. The molecule has 0 aromatic heterocycles. The van der Waals surface area contributed by atoms with Crippen LogP contribution in [0.4, 0.5) is 5.69 Å². The maximum Gasteiger partial charge on any atom is 0.341 e. The van der Waals surface area contributed by atoms with E-state index >= 15 is 0 Å². The molecular weight excluding hydrogens is 394 g/mol. The Morgan fingerprint density at radius 2 is 1.65 bits per heavy atom. The van der Waals surface area contributed by atoms with Gasteiger partial charge in [-0.25, -0.2) is 4.79 Å². The molecule has 1 atom stereocenters. The molecule has 0 fully saturated rings. The minimum absolute atomic E-state index is 0.0453. The molecule has 1 amide bonds. The number of hydrogen-bond donors (Lipinski definition) is 1. The van der Waals surface area contributed by atoms with E-state index in [0.717, 1.165) is 12.8 Å². The van der Waals surface area contributed by atoms with Gasteiger partial charge in [-0.2, -0.15) is 0 Å². The van der Waals surface area contributed by atoms with Crippen LogP contribution >= 0.6 is 0 Å². The normalized spacial score (nSPS) is 12.7. The average molecular weight is 436 g/mol. The van der Waals surface area contributed by atoms with Crippen LogP contribution in [-0.2, 0) is 14.3 Å². The monoisotopic (exact) mass is 435 g/mol. The Labute approximate surface area is 188 Å². The van der Waals surface area contributed by atoms with Gasteiger partial charge in [-0.15, -0.1) is 0 Å². The van der Waals surface area contributed by atoms with Crippen molar-refractivity contribution in [2.24, 2.45) is 11.8 Å². The molecule has 31 heavy (non-hydrogen) atoms. The highest BCUT2D eigenvalue weighted by molar-refractivity contribution is 5.99. The first-order valence-electron chi connectivity index (χ1n) is 11.4. The number of methoxy groups -OCH3 is 1. The van der Waals surface area contributed by atoms with Crippen LogP contribution in [0.25, 0.3) is 0 Å². The van der Waals surface area contributed by atoms with E-state index in [1.807, 2.05) is 20.8 Å². The predicted octanol–water partition coefficient (Wildman–Crippen LogP) is 5.85. The molecule has 1 aromatic carbocycles. The number of carbonyl (C=O) groups excluding carboxylic acids is 2. The quantitative estimate of drug-likeness (QED) is 0.394. The van der Waals surface area contributed by atoms with Gasteiger partial charge < -0.3 is 19.5 Å². The third kappa shape index (κ3) is 8.17. The van der Waals surface area contributed by atoms with E-state index in [-0.39, 0.29) is 17.6 Å². The van der Waals surface area contributed by atoms with Crippen LogP contribution < -0.4 is 10.1 Å². The summed E-state index contributed by atoms with van der Waals surface area (Å²) in [5.41, 5.74) is -0.123. The van der Waals surface area contributed by atoms with Gasteiger partial charge in [-0.1, -0.05) is 41.5 Å². The van der Waals surface area contributed by atoms with Crippen molar-refractivity contribution in [2.45, 2.75) is 85.9 Å². The van der Waals surface area contributed by atoms with E-state index in [2.05, 4.69) is 33.0 Å². The highest BCUT2D eigenvalue weighted by atomic mass is 16.5. The van der Waals surface area contributed by atoms with E-state index in [1.54, 1.807) is 18.2 Å². The summed E-state index contributed by atoms with van der Waals surface area (Å²) in [5, 5.41) is 2.99. The first-order valence-corrected chi connectivity index (χ1v) is 11.4. The zero-order valence-electron chi connectivity index (χ0n) is 20.5. The lowest BCUT2D eigenvalue weighted by Crippen LogP contribution is -2.48. The van der Waals surface area contributed by atoms with Crippen LogP contribution in [0.2, 0.25) is 0 Å². The van der Waals surface area contributed by atoms with E-state index < -0.39 is 11.6 Å². The lowest BCUT2D eigenvalue weighted by Gasteiger charge is -2.35. The fraction of sp³-hybridized carbons (Fsp3) is 0.680. The first-order chi connectivity index (χ1) is 14.6. The molecule has 6 nitrogen and oxygen atoms in total. The number of benzene rings is 1. The van der Waals surface area contributed by atoms with Crippen LogP contribution in [0, 0.1) is 11.8 Å². The second-order valence-corrected chi connectivity index (χ2v) is 9.03. The lowest BCUT2D eigenvalue weighted by atomic mass is 9.83. The Morgan fingerprint density at radius 3 is 2.13 bits per heavy atom. The summed E-state index contributed by atoms with van der Waals surface area (Å²) >= 11 is 0. The Morgan fingerprint density at radius 1 is 1.03 bits per heavy atom. The summed E-state index contributed by atoms with van der Waals surface area (Å²) < 4.78 is 17.0. The molecule has 1 unspecified atom stereocenters. The van der Waals surface area contributed by atoms with Gasteiger partial charge in [0.2, 0.25) is 0 Å². The Kier molecular flexibility index (Phi) is 11.0. The predicted molar refractivity (Wildman–Crippen MR) is 125 cm³/mol. The van der Waals surface area contributed by atoms with Crippen LogP contribution in [0.3, 0.4) is 0 Å².